The van der Waals surface area contributed by atoms with Crippen LogP contribution in [0.1, 0.15) is 5.56 Å². The van der Waals surface area contributed by atoms with Crippen molar-refractivity contribution in [1.82, 2.24) is 0 Å². The van der Waals surface area contributed by atoms with Gasteiger partial charge in [-0.05, 0) is 30.0 Å². The van der Waals surface area contributed by atoms with E-state index in [1.165, 1.54) is 0 Å². The van der Waals surface area contributed by atoms with Crippen LogP contribution in [0, 0.1) is 23.7 Å². The molecule has 0 heterocycles. The lowest BCUT2D eigenvalue weighted by molar-refractivity contribution is 0.343. The molecular weight excluding hydrogens is 208 g/mol. The van der Waals surface area contributed by atoms with Gasteiger partial charge in [-0.25, -0.2) is 0 Å². The van der Waals surface area contributed by atoms with Crippen molar-refractivity contribution in [3.8, 4) is 23.7 Å². The van der Waals surface area contributed by atoms with Crippen molar-refractivity contribution in [3.63, 3.8) is 0 Å². The van der Waals surface area contributed by atoms with Gasteiger partial charge in [0.2, 0.25) is 0 Å². The normalized spacial score (nSPS) is 8.29. The van der Waals surface area contributed by atoms with Crippen LogP contribution in [0.5, 0.6) is 0 Å². The summed E-state index contributed by atoms with van der Waals surface area (Å²) in [5, 5.41) is 8.46. The lowest BCUT2D eigenvalue weighted by Crippen LogP contribution is -1.68. The van der Waals surface area contributed by atoms with E-state index in [1.54, 1.807) is 24.3 Å². The number of rotatable bonds is 2. The Morgan fingerprint density at radius 1 is 1.12 bits per heavy atom. The maximum Gasteiger partial charge on any atom is 0.0615 e. The Hall–Kier alpha value is -2.44. The average molecular weight is 220 g/mol. The lowest BCUT2D eigenvalue weighted by Gasteiger charge is -1.83. The van der Waals surface area contributed by atoms with E-state index in [1.807, 2.05) is 30.3 Å². The lowest BCUT2D eigenvalue weighted by atomic mass is 10.2. The highest BCUT2D eigenvalue weighted by Crippen LogP contribution is 1.93. The van der Waals surface area contributed by atoms with E-state index in [0.29, 0.717) is 0 Å². The molecule has 0 radical (unpaired) electrons. The van der Waals surface area contributed by atoms with Crippen molar-refractivity contribution in [2.24, 2.45) is 0 Å². The second-order valence-electron chi connectivity index (χ2n) is 2.97. The van der Waals surface area contributed by atoms with Gasteiger partial charge in [0.05, 0.1) is 6.61 Å². The molecule has 1 rings (SSSR count). The first-order valence-corrected chi connectivity index (χ1v) is 5.17. The minimum Gasteiger partial charge on any atom is -0.392 e. The van der Waals surface area contributed by atoms with Gasteiger partial charge < -0.3 is 5.11 Å². The molecule has 0 unspecified atom stereocenters. The Labute approximate surface area is 102 Å². The Morgan fingerprint density at radius 3 is 2.71 bits per heavy atom. The quantitative estimate of drug-likeness (QED) is 0.460. The fraction of sp³-hybridized carbons (Fsp3) is 0.0625. The summed E-state index contributed by atoms with van der Waals surface area (Å²) in [5.41, 5.74) is 3.78. The largest absolute Gasteiger partial charge is 0.392 e. The van der Waals surface area contributed by atoms with Gasteiger partial charge >= 0.3 is 0 Å². The summed E-state index contributed by atoms with van der Waals surface area (Å²) >= 11 is 0. The fourth-order valence-electron chi connectivity index (χ4n) is 0.971. The van der Waals surface area contributed by atoms with Crippen molar-refractivity contribution in [2.45, 2.75) is 0 Å². The first-order chi connectivity index (χ1) is 8.43. The third-order valence-electron chi connectivity index (χ3n) is 1.70. The molecule has 1 nitrogen and oxygen atoms in total. The van der Waals surface area contributed by atoms with E-state index >= 15 is 0 Å². The Kier molecular flexibility index (Phi) is 6.56. The summed E-state index contributed by atoms with van der Waals surface area (Å²) in [6.07, 6.45) is 6.58. The molecule has 0 spiro atoms. The van der Waals surface area contributed by atoms with Crippen LogP contribution in [0.2, 0.25) is 0 Å². The van der Waals surface area contributed by atoms with E-state index in [2.05, 4.69) is 29.4 Å². The van der Waals surface area contributed by atoms with E-state index in [9.17, 15) is 0 Å². The molecule has 1 aromatic carbocycles. The molecule has 1 heteroatoms. The van der Waals surface area contributed by atoms with Crippen LogP contribution < -0.4 is 0 Å². The molecule has 0 saturated heterocycles. The first kappa shape index (κ1) is 12.6. The van der Waals surface area contributed by atoms with E-state index in [-0.39, 0.29) is 6.61 Å². The zero-order chi connectivity index (χ0) is 12.2. The van der Waals surface area contributed by atoms with Crippen molar-refractivity contribution >= 4 is 0 Å². The summed E-state index contributed by atoms with van der Waals surface area (Å²) in [6.45, 7) is 0.0341. The molecule has 0 aliphatic heterocycles. The maximum absolute atomic E-state index is 8.46. The summed E-state index contributed by atoms with van der Waals surface area (Å²) in [7, 11) is 0. The van der Waals surface area contributed by atoms with Gasteiger partial charge in [0, 0.05) is 11.6 Å². The van der Waals surface area contributed by atoms with Crippen LogP contribution in [0.25, 0.3) is 0 Å². The minimum absolute atomic E-state index is 0.0341. The smallest absolute Gasteiger partial charge is 0.0615 e. The third-order valence-corrected chi connectivity index (χ3v) is 1.70. The van der Waals surface area contributed by atoms with Gasteiger partial charge in [-0.15, -0.1) is 5.73 Å². The molecule has 0 aliphatic carbocycles. The topological polar surface area (TPSA) is 20.2 Å². The van der Waals surface area contributed by atoms with Gasteiger partial charge in [0.1, 0.15) is 0 Å². The molecular formula is C16H12O. The predicted octanol–water partition coefficient (Wildman–Crippen LogP) is 2.30. The van der Waals surface area contributed by atoms with Crippen molar-refractivity contribution < 1.29 is 5.11 Å². The molecule has 17 heavy (non-hydrogen) atoms. The van der Waals surface area contributed by atoms with Crippen LogP contribution in [0.4, 0.5) is 0 Å². The molecule has 1 N–H and O–H groups in total. The van der Waals surface area contributed by atoms with Gasteiger partial charge in [-0.3, -0.25) is 0 Å². The van der Waals surface area contributed by atoms with Crippen LogP contribution in [0.3, 0.4) is 0 Å². The van der Waals surface area contributed by atoms with E-state index < -0.39 is 0 Å². The number of aliphatic hydroxyl groups excluding tert-OH is 1. The number of benzene rings is 1. The molecule has 0 saturated carbocycles. The van der Waals surface area contributed by atoms with Gasteiger partial charge in [-0.1, -0.05) is 42.2 Å². The van der Waals surface area contributed by atoms with Crippen LogP contribution >= 0.6 is 0 Å². The van der Waals surface area contributed by atoms with Gasteiger partial charge in [0.15, 0.2) is 0 Å². The highest BCUT2D eigenvalue weighted by atomic mass is 16.2. The average Bonchev–Trinajstić information content (AvgIpc) is 2.38. The monoisotopic (exact) mass is 220 g/mol. The molecule has 82 valence electrons. The summed E-state index contributed by atoms with van der Waals surface area (Å²) in [5.74, 6) is 11.1. The number of hydrogen-bond acceptors (Lipinski definition) is 1. The Balaban J connectivity index is 2.50. The molecule has 0 aliphatic rings. The number of allylic oxidation sites excluding steroid dienone is 2. The fourth-order valence-corrected chi connectivity index (χ4v) is 0.971. The van der Waals surface area contributed by atoms with Crippen LogP contribution in [-0.2, 0) is 0 Å². The zero-order valence-electron chi connectivity index (χ0n) is 9.35. The summed E-state index contributed by atoms with van der Waals surface area (Å²) in [4.78, 5) is 0. The molecule has 0 atom stereocenters. The van der Waals surface area contributed by atoms with Gasteiger partial charge in [-0.2, -0.15) is 0 Å². The zero-order valence-corrected chi connectivity index (χ0v) is 9.35. The van der Waals surface area contributed by atoms with Crippen molar-refractivity contribution in [3.05, 3.63) is 65.9 Å². The molecule has 0 amide bonds. The third kappa shape index (κ3) is 6.61. The van der Waals surface area contributed by atoms with Crippen molar-refractivity contribution in [2.75, 3.05) is 6.61 Å². The highest BCUT2D eigenvalue weighted by Gasteiger charge is 1.78. The second kappa shape index (κ2) is 8.84. The molecule has 0 bridgehead atoms. The standard InChI is InChI=1S/C16H12O/c17-15-11-6-4-2-1-3-5-8-12-16-13-9-7-10-14-16/h1,4,6-7,9-11,13-14,17H,15H2/b11-6+. The Bertz CT molecular complexity index is 536. The van der Waals surface area contributed by atoms with Crippen LogP contribution in [0.15, 0.2) is 60.4 Å². The maximum atomic E-state index is 8.46. The first-order valence-electron chi connectivity index (χ1n) is 5.17. The van der Waals surface area contributed by atoms with Crippen molar-refractivity contribution in [1.29, 1.82) is 0 Å². The number of hydrogen-bond donors (Lipinski definition) is 1. The molecule has 0 aromatic heterocycles. The molecule has 0 fully saturated rings. The summed E-state index contributed by atoms with van der Waals surface area (Å²) in [6, 6.07) is 9.69. The summed E-state index contributed by atoms with van der Waals surface area (Å²) < 4.78 is 0. The Morgan fingerprint density at radius 2 is 1.94 bits per heavy atom. The minimum atomic E-state index is 0.0341. The number of aliphatic hydroxyl groups is 1. The van der Waals surface area contributed by atoms with E-state index in [4.69, 9.17) is 5.11 Å². The highest BCUT2D eigenvalue weighted by molar-refractivity contribution is 5.40. The van der Waals surface area contributed by atoms with Gasteiger partial charge in [0.25, 0.3) is 0 Å². The second-order valence-corrected chi connectivity index (χ2v) is 2.97. The SMILES string of the molecule is OC/C=C/C=C=CC#CC#Cc1ccccc1. The molecule has 1 aromatic rings. The predicted molar refractivity (Wildman–Crippen MR) is 70.0 cm³/mol. The van der Waals surface area contributed by atoms with Crippen LogP contribution in [-0.4, -0.2) is 11.7 Å². The van der Waals surface area contributed by atoms with E-state index in [0.717, 1.165) is 5.56 Å².